The van der Waals surface area contributed by atoms with Gasteiger partial charge < -0.3 is 5.32 Å². The molecule has 1 saturated carbocycles. The third-order valence-corrected chi connectivity index (χ3v) is 3.93. The minimum absolute atomic E-state index is 0.591. The molecule has 0 radical (unpaired) electrons. The number of aromatic amines is 1. The molecule has 1 aromatic carbocycles. The molecular formula is C14H15N3. The van der Waals surface area contributed by atoms with Gasteiger partial charge in [0.25, 0.3) is 0 Å². The normalized spacial score (nSPS) is 22.7. The molecule has 2 heterocycles. The van der Waals surface area contributed by atoms with Crippen LogP contribution in [0.5, 0.6) is 0 Å². The lowest BCUT2D eigenvalue weighted by molar-refractivity contribution is 0.523. The SMILES string of the molecule is c1cc(-c2ccn[nH]2)c2c(c1)C(C1CC1)NC2. The van der Waals surface area contributed by atoms with Crippen molar-refractivity contribution >= 4 is 0 Å². The number of nitrogens with zero attached hydrogens (tertiary/aromatic N) is 1. The zero-order valence-corrected chi connectivity index (χ0v) is 9.61. The summed E-state index contributed by atoms with van der Waals surface area (Å²) in [6.07, 6.45) is 4.58. The Bertz CT molecular complexity index is 541. The standard InChI is InChI=1S/C14H15N3/c1-2-10(13-6-7-16-17-13)12-8-15-14(9-4-5-9)11(12)3-1/h1-3,6-7,9,14-15H,4-5,8H2,(H,16,17). The molecule has 1 atom stereocenters. The molecule has 17 heavy (non-hydrogen) atoms. The van der Waals surface area contributed by atoms with Crippen LogP contribution in [-0.2, 0) is 6.54 Å². The average molecular weight is 225 g/mol. The lowest BCUT2D eigenvalue weighted by Gasteiger charge is -2.10. The van der Waals surface area contributed by atoms with Crippen molar-refractivity contribution in [3.05, 3.63) is 41.6 Å². The largest absolute Gasteiger partial charge is 0.306 e. The number of benzene rings is 1. The van der Waals surface area contributed by atoms with E-state index in [1.165, 1.54) is 29.5 Å². The van der Waals surface area contributed by atoms with Crippen molar-refractivity contribution in [3.63, 3.8) is 0 Å². The fraction of sp³-hybridized carbons (Fsp3) is 0.357. The van der Waals surface area contributed by atoms with Crippen LogP contribution in [-0.4, -0.2) is 10.2 Å². The van der Waals surface area contributed by atoms with E-state index in [0.717, 1.165) is 18.2 Å². The van der Waals surface area contributed by atoms with Crippen LogP contribution in [0.25, 0.3) is 11.3 Å². The van der Waals surface area contributed by atoms with Crippen molar-refractivity contribution in [3.8, 4) is 11.3 Å². The van der Waals surface area contributed by atoms with Crippen LogP contribution in [0, 0.1) is 5.92 Å². The van der Waals surface area contributed by atoms with E-state index in [-0.39, 0.29) is 0 Å². The van der Waals surface area contributed by atoms with E-state index in [0.29, 0.717) is 6.04 Å². The van der Waals surface area contributed by atoms with Gasteiger partial charge in [0.2, 0.25) is 0 Å². The molecule has 1 aliphatic heterocycles. The summed E-state index contributed by atoms with van der Waals surface area (Å²) in [5, 5.41) is 10.8. The van der Waals surface area contributed by atoms with Gasteiger partial charge in [0.1, 0.15) is 0 Å². The lowest BCUT2D eigenvalue weighted by Crippen LogP contribution is -2.13. The summed E-state index contributed by atoms with van der Waals surface area (Å²) in [6, 6.07) is 9.26. The molecule has 1 fully saturated rings. The summed E-state index contributed by atoms with van der Waals surface area (Å²) in [7, 11) is 0. The van der Waals surface area contributed by atoms with Crippen LogP contribution in [0.4, 0.5) is 0 Å². The summed E-state index contributed by atoms with van der Waals surface area (Å²) in [5.41, 5.74) is 5.38. The van der Waals surface area contributed by atoms with Crippen molar-refractivity contribution in [2.75, 3.05) is 0 Å². The highest BCUT2D eigenvalue weighted by Gasteiger charge is 2.36. The third kappa shape index (κ3) is 1.42. The topological polar surface area (TPSA) is 40.7 Å². The van der Waals surface area contributed by atoms with E-state index in [1.807, 2.05) is 12.3 Å². The molecule has 4 rings (SSSR count). The highest BCUT2D eigenvalue weighted by molar-refractivity contribution is 5.66. The molecule has 2 aromatic rings. The van der Waals surface area contributed by atoms with Gasteiger partial charge in [-0.2, -0.15) is 5.10 Å². The monoisotopic (exact) mass is 225 g/mol. The van der Waals surface area contributed by atoms with E-state index >= 15 is 0 Å². The first-order valence-corrected chi connectivity index (χ1v) is 6.28. The van der Waals surface area contributed by atoms with Crippen LogP contribution in [0.1, 0.15) is 30.0 Å². The minimum Gasteiger partial charge on any atom is -0.306 e. The Hall–Kier alpha value is -1.61. The molecule has 2 N–H and O–H groups in total. The maximum absolute atomic E-state index is 4.05. The van der Waals surface area contributed by atoms with Gasteiger partial charge in [0.05, 0.1) is 5.69 Å². The van der Waals surface area contributed by atoms with Gasteiger partial charge in [-0.3, -0.25) is 5.10 Å². The highest BCUT2D eigenvalue weighted by Crippen LogP contribution is 2.46. The Labute approximate surface area is 100 Å². The molecule has 0 saturated heterocycles. The maximum Gasteiger partial charge on any atom is 0.0653 e. The summed E-state index contributed by atoms with van der Waals surface area (Å²) in [5.74, 6) is 0.869. The van der Waals surface area contributed by atoms with E-state index in [4.69, 9.17) is 0 Å². The number of H-pyrrole nitrogens is 1. The number of aromatic nitrogens is 2. The van der Waals surface area contributed by atoms with Crippen molar-refractivity contribution < 1.29 is 0 Å². The Kier molecular flexibility index (Phi) is 1.91. The molecule has 2 aliphatic rings. The van der Waals surface area contributed by atoms with E-state index in [2.05, 4.69) is 33.7 Å². The Balaban J connectivity index is 1.83. The summed E-state index contributed by atoms with van der Waals surface area (Å²) < 4.78 is 0. The lowest BCUT2D eigenvalue weighted by atomic mass is 9.96. The second kappa shape index (κ2) is 3.44. The third-order valence-electron chi connectivity index (χ3n) is 3.93. The molecule has 3 nitrogen and oxygen atoms in total. The summed E-state index contributed by atoms with van der Waals surface area (Å²) in [4.78, 5) is 0. The van der Waals surface area contributed by atoms with Gasteiger partial charge in [-0.05, 0) is 36.0 Å². The fourth-order valence-corrected chi connectivity index (χ4v) is 2.92. The van der Waals surface area contributed by atoms with Crippen LogP contribution >= 0.6 is 0 Å². The zero-order valence-electron chi connectivity index (χ0n) is 9.61. The van der Waals surface area contributed by atoms with Crippen LogP contribution < -0.4 is 5.32 Å². The smallest absolute Gasteiger partial charge is 0.0653 e. The molecule has 0 bridgehead atoms. The van der Waals surface area contributed by atoms with Crippen LogP contribution in [0.3, 0.4) is 0 Å². The van der Waals surface area contributed by atoms with Gasteiger partial charge >= 0.3 is 0 Å². The first kappa shape index (κ1) is 9.42. The van der Waals surface area contributed by atoms with Gasteiger partial charge in [0, 0.05) is 24.3 Å². The second-order valence-corrected chi connectivity index (χ2v) is 5.04. The quantitative estimate of drug-likeness (QED) is 0.825. The summed E-state index contributed by atoms with van der Waals surface area (Å²) in [6.45, 7) is 0.992. The van der Waals surface area contributed by atoms with Gasteiger partial charge in [-0.1, -0.05) is 18.2 Å². The Morgan fingerprint density at radius 1 is 1.18 bits per heavy atom. The second-order valence-electron chi connectivity index (χ2n) is 5.04. The number of hydrogen-bond donors (Lipinski definition) is 2. The maximum atomic E-state index is 4.05. The number of nitrogens with one attached hydrogen (secondary N) is 2. The summed E-state index contributed by atoms with van der Waals surface area (Å²) >= 11 is 0. The molecule has 3 heteroatoms. The van der Waals surface area contributed by atoms with Crippen molar-refractivity contribution in [1.82, 2.24) is 15.5 Å². The van der Waals surface area contributed by atoms with Crippen molar-refractivity contribution in [2.24, 2.45) is 5.92 Å². The molecular weight excluding hydrogens is 210 g/mol. The predicted octanol–water partition coefficient (Wildman–Crippen LogP) is 2.63. The zero-order chi connectivity index (χ0) is 11.2. The molecule has 1 aromatic heterocycles. The van der Waals surface area contributed by atoms with Crippen LogP contribution in [0.15, 0.2) is 30.5 Å². The molecule has 1 unspecified atom stereocenters. The predicted molar refractivity (Wildman–Crippen MR) is 66.3 cm³/mol. The van der Waals surface area contributed by atoms with Gasteiger partial charge in [-0.15, -0.1) is 0 Å². The van der Waals surface area contributed by atoms with Crippen molar-refractivity contribution in [2.45, 2.75) is 25.4 Å². The molecule has 1 aliphatic carbocycles. The Morgan fingerprint density at radius 3 is 2.88 bits per heavy atom. The first-order valence-electron chi connectivity index (χ1n) is 6.28. The average Bonchev–Trinajstić information content (AvgIpc) is 2.93. The fourth-order valence-electron chi connectivity index (χ4n) is 2.92. The molecule has 0 spiro atoms. The van der Waals surface area contributed by atoms with E-state index in [1.54, 1.807) is 0 Å². The van der Waals surface area contributed by atoms with E-state index in [9.17, 15) is 0 Å². The Morgan fingerprint density at radius 2 is 2.12 bits per heavy atom. The van der Waals surface area contributed by atoms with E-state index < -0.39 is 0 Å². The highest BCUT2D eigenvalue weighted by atomic mass is 15.1. The van der Waals surface area contributed by atoms with Gasteiger partial charge in [-0.25, -0.2) is 0 Å². The number of hydrogen-bond acceptors (Lipinski definition) is 2. The van der Waals surface area contributed by atoms with Crippen LogP contribution in [0.2, 0.25) is 0 Å². The number of fused-ring (bicyclic) bond motifs is 1. The minimum atomic E-state index is 0.591. The number of rotatable bonds is 2. The molecule has 0 amide bonds. The molecule has 86 valence electrons. The first-order chi connectivity index (χ1) is 8.43. The van der Waals surface area contributed by atoms with Crippen molar-refractivity contribution in [1.29, 1.82) is 0 Å². The van der Waals surface area contributed by atoms with Gasteiger partial charge in [0.15, 0.2) is 0 Å².